The van der Waals surface area contributed by atoms with Gasteiger partial charge in [-0.15, -0.1) is 0 Å². The summed E-state index contributed by atoms with van der Waals surface area (Å²) < 4.78 is 32.1. The van der Waals surface area contributed by atoms with E-state index in [9.17, 15) is 14.0 Å². The van der Waals surface area contributed by atoms with Crippen LogP contribution in [0.2, 0.25) is 0 Å². The van der Waals surface area contributed by atoms with E-state index in [0.717, 1.165) is 6.07 Å². The second-order valence-electron chi connectivity index (χ2n) is 8.92. The van der Waals surface area contributed by atoms with Gasteiger partial charge in [0.1, 0.15) is 28.1 Å². The lowest BCUT2D eigenvalue weighted by atomic mass is 10.0. The molecular formula is C22H29BrFN5O5. The Balaban J connectivity index is 1.74. The van der Waals surface area contributed by atoms with Gasteiger partial charge in [0.15, 0.2) is 5.82 Å². The summed E-state index contributed by atoms with van der Waals surface area (Å²) in [6.07, 6.45) is 1.27. The van der Waals surface area contributed by atoms with E-state index in [4.69, 9.17) is 14.2 Å². The highest BCUT2D eigenvalue weighted by atomic mass is 79.9. The summed E-state index contributed by atoms with van der Waals surface area (Å²) in [6.45, 7) is 5.60. The minimum atomic E-state index is -0.618. The van der Waals surface area contributed by atoms with Gasteiger partial charge in [0.2, 0.25) is 0 Å². The maximum Gasteiger partial charge on any atom is 0.407 e. The maximum absolute atomic E-state index is 13.5. The number of aryl methyl sites for hydroxylation is 1. The standard InChI is InChI=1S/C22H29BrFN5O5/c1-22(2,3)34-21(31)28-13-8-9-16(33-11-17(13)32-5)18-15(10-25-29(18)4)27-20(30)14-7-6-12(24)19(23)26-14/h6-7,10,13,16-17H,8-9,11H2,1-5H3,(H,27,30)(H,28,31). The van der Waals surface area contributed by atoms with Crippen LogP contribution >= 0.6 is 15.9 Å². The second kappa shape index (κ2) is 10.8. The average molecular weight is 542 g/mol. The number of anilines is 1. The lowest BCUT2D eigenvalue weighted by Gasteiger charge is -2.26. The van der Waals surface area contributed by atoms with Crippen molar-refractivity contribution in [3.63, 3.8) is 0 Å². The fourth-order valence-electron chi connectivity index (χ4n) is 3.65. The second-order valence-corrected chi connectivity index (χ2v) is 9.67. The number of carbonyl (C=O) groups is 2. The van der Waals surface area contributed by atoms with Crippen LogP contribution in [-0.4, -0.2) is 58.2 Å². The van der Waals surface area contributed by atoms with E-state index < -0.39 is 29.5 Å². The molecule has 2 aromatic heterocycles. The topological polar surface area (TPSA) is 117 Å². The van der Waals surface area contributed by atoms with E-state index in [1.165, 1.54) is 12.3 Å². The molecule has 2 amide bonds. The largest absolute Gasteiger partial charge is 0.444 e. The average Bonchev–Trinajstić information content (AvgIpc) is 2.98. The van der Waals surface area contributed by atoms with Crippen LogP contribution in [0.15, 0.2) is 22.9 Å². The lowest BCUT2D eigenvalue weighted by molar-refractivity contribution is -0.0263. The molecular weight excluding hydrogens is 513 g/mol. The van der Waals surface area contributed by atoms with Gasteiger partial charge in [0.25, 0.3) is 5.91 Å². The Morgan fingerprint density at radius 1 is 1.29 bits per heavy atom. The van der Waals surface area contributed by atoms with Crippen LogP contribution in [0, 0.1) is 5.82 Å². The van der Waals surface area contributed by atoms with E-state index >= 15 is 0 Å². The van der Waals surface area contributed by atoms with Crippen molar-refractivity contribution >= 4 is 33.6 Å². The SMILES string of the molecule is COC1COC(c2c(NC(=O)c3ccc(F)c(Br)n3)cnn2C)CCC1NC(=O)OC(C)(C)C. The number of pyridine rings is 1. The van der Waals surface area contributed by atoms with Crippen molar-refractivity contribution in [1.29, 1.82) is 0 Å². The molecule has 2 N–H and O–H groups in total. The number of aromatic nitrogens is 3. The molecule has 0 aliphatic carbocycles. The van der Waals surface area contributed by atoms with Crippen LogP contribution in [0.1, 0.15) is 55.9 Å². The zero-order valence-corrected chi connectivity index (χ0v) is 21.3. The monoisotopic (exact) mass is 541 g/mol. The van der Waals surface area contributed by atoms with Crippen LogP contribution in [0.4, 0.5) is 14.9 Å². The minimum Gasteiger partial charge on any atom is -0.444 e. The molecule has 3 atom stereocenters. The Morgan fingerprint density at radius 3 is 2.68 bits per heavy atom. The number of nitrogens with one attached hydrogen (secondary N) is 2. The zero-order chi connectivity index (χ0) is 25.0. The van der Waals surface area contributed by atoms with Crippen LogP contribution in [0.3, 0.4) is 0 Å². The van der Waals surface area contributed by atoms with E-state index in [2.05, 4.69) is 36.6 Å². The Kier molecular flexibility index (Phi) is 8.26. The molecule has 0 radical (unpaired) electrons. The molecule has 0 saturated carbocycles. The zero-order valence-electron chi connectivity index (χ0n) is 19.7. The van der Waals surface area contributed by atoms with Gasteiger partial charge in [-0.1, -0.05) is 0 Å². The molecule has 1 fully saturated rings. The molecule has 3 heterocycles. The molecule has 2 aromatic rings. The number of alkyl carbamates (subject to hydrolysis) is 1. The first-order valence-corrected chi connectivity index (χ1v) is 11.6. The van der Waals surface area contributed by atoms with E-state index in [1.54, 1.807) is 39.6 Å². The molecule has 1 aliphatic rings. The number of rotatable bonds is 5. The molecule has 0 spiro atoms. The van der Waals surface area contributed by atoms with Gasteiger partial charge in [-0.25, -0.2) is 14.2 Å². The molecule has 3 rings (SSSR count). The number of amides is 2. The highest BCUT2D eigenvalue weighted by Gasteiger charge is 2.33. The van der Waals surface area contributed by atoms with Crippen LogP contribution in [0.25, 0.3) is 0 Å². The predicted octanol–water partition coefficient (Wildman–Crippen LogP) is 3.73. The summed E-state index contributed by atoms with van der Waals surface area (Å²) in [5, 5.41) is 9.91. The van der Waals surface area contributed by atoms with Crippen molar-refractivity contribution < 1.29 is 28.2 Å². The molecule has 0 aromatic carbocycles. The van der Waals surface area contributed by atoms with Crippen molar-refractivity contribution in [3.8, 4) is 0 Å². The van der Waals surface area contributed by atoms with Crippen molar-refractivity contribution in [2.24, 2.45) is 7.05 Å². The Labute approximate surface area is 205 Å². The molecule has 1 saturated heterocycles. The number of halogens is 2. The fourth-order valence-corrected chi connectivity index (χ4v) is 3.98. The minimum absolute atomic E-state index is 0.0472. The molecule has 1 aliphatic heterocycles. The van der Waals surface area contributed by atoms with Gasteiger partial charge >= 0.3 is 6.09 Å². The van der Waals surface area contributed by atoms with E-state index in [1.807, 2.05) is 0 Å². The lowest BCUT2D eigenvalue weighted by Crippen LogP contribution is -2.46. The number of nitrogens with zero attached hydrogens (tertiary/aromatic N) is 3. The van der Waals surface area contributed by atoms with Gasteiger partial charge < -0.3 is 24.8 Å². The van der Waals surface area contributed by atoms with Gasteiger partial charge in [-0.05, 0) is 61.7 Å². The predicted molar refractivity (Wildman–Crippen MR) is 125 cm³/mol. The van der Waals surface area contributed by atoms with Gasteiger partial charge in [-0.3, -0.25) is 9.48 Å². The van der Waals surface area contributed by atoms with Crippen LogP contribution in [0.5, 0.6) is 0 Å². The third-order valence-electron chi connectivity index (χ3n) is 5.23. The number of methoxy groups -OCH3 is 1. The Bertz CT molecular complexity index is 1040. The number of ether oxygens (including phenoxy) is 3. The van der Waals surface area contributed by atoms with Crippen LogP contribution < -0.4 is 10.6 Å². The normalized spacial score (nSPS) is 21.0. The number of hydrogen-bond donors (Lipinski definition) is 2. The molecule has 186 valence electrons. The molecule has 10 nitrogen and oxygen atoms in total. The Morgan fingerprint density at radius 2 is 2.03 bits per heavy atom. The van der Waals surface area contributed by atoms with Crippen molar-refractivity contribution in [3.05, 3.63) is 40.1 Å². The Hall–Kier alpha value is -2.57. The van der Waals surface area contributed by atoms with Gasteiger partial charge in [0, 0.05) is 14.2 Å². The van der Waals surface area contributed by atoms with E-state index in [-0.39, 0.29) is 29.0 Å². The highest BCUT2D eigenvalue weighted by Crippen LogP contribution is 2.33. The molecule has 34 heavy (non-hydrogen) atoms. The fraction of sp³-hybridized carbons (Fsp3) is 0.545. The third-order valence-corrected chi connectivity index (χ3v) is 5.78. The summed E-state index contributed by atoms with van der Waals surface area (Å²) in [7, 11) is 3.30. The van der Waals surface area contributed by atoms with Gasteiger partial charge in [-0.2, -0.15) is 5.10 Å². The summed E-state index contributed by atoms with van der Waals surface area (Å²) in [5.74, 6) is -1.07. The quantitative estimate of drug-likeness (QED) is 0.554. The number of carbonyl (C=O) groups excluding carboxylic acids is 2. The van der Waals surface area contributed by atoms with Crippen LogP contribution in [-0.2, 0) is 21.3 Å². The van der Waals surface area contributed by atoms with Crippen molar-refractivity contribution in [1.82, 2.24) is 20.1 Å². The maximum atomic E-state index is 13.5. The first-order valence-electron chi connectivity index (χ1n) is 10.8. The smallest absolute Gasteiger partial charge is 0.407 e. The summed E-state index contributed by atoms with van der Waals surface area (Å²) in [5.41, 5.74) is 0.535. The van der Waals surface area contributed by atoms with Crippen molar-refractivity contribution in [2.45, 2.75) is 57.5 Å². The highest BCUT2D eigenvalue weighted by molar-refractivity contribution is 9.10. The first kappa shape index (κ1) is 26.0. The number of hydrogen-bond acceptors (Lipinski definition) is 7. The van der Waals surface area contributed by atoms with Gasteiger partial charge in [0.05, 0.1) is 30.2 Å². The van der Waals surface area contributed by atoms with E-state index in [0.29, 0.717) is 24.2 Å². The molecule has 3 unspecified atom stereocenters. The first-order chi connectivity index (χ1) is 16.0. The summed E-state index contributed by atoms with van der Waals surface area (Å²) >= 11 is 2.99. The van der Waals surface area contributed by atoms with Crippen molar-refractivity contribution in [2.75, 3.05) is 19.0 Å². The summed E-state index contributed by atoms with van der Waals surface area (Å²) in [6, 6.07) is 2.13. The third kappa shape index (κ3) is 6.51. The summed E-state index contributed by atoms with van der Waals surface area (Å²) in [4.78, 5) is 28.9. The molecule has 0 bridgehead atoms. The molecule has 12 heteroatoms.